The van der Waals surface area contributed by atoms with E-state index in [2.05, 4.69) is 53.3 Å². The van der Waals surface area contributed by atoms with Gasteiger partial charge in [-0.15, -0.1) is 0 Å². The molecule has 4 heteroatoms. The summed E-state index contributed by atoms with van der Waals surface area (Å²) in [5.74, 6) is 0.515. The van der Waals surface area contributed by atoms with Gasteiger partial charge in [-0.1, -0.05) is 37.3 Å². The maximum absolute atomic E-state index is 8.91. The number of nitrogens with zero attached hydrogens (tertiary/aromatic N) is 4. The number of nitriles is 1. The van der Waals surface area contributed by atoms with Crippen LogP contribution in [0.2, 0.25) is 0 Å². The molecule has 0 spiro atoms. The van der Waals surface area contributed by atoms with E-state index in [1.807, 2.05) is 10.7 Å². The minimum Gasteiger partial charge on any atom is -0.295 e. The topological polar surface area (TPSA) is 44.9 Å². The molecule has 3 rings (SSSR count). The predicted molar refractivity (Wildman–Crippen MR) is 77.1 cm³/mol. The summed E-state index contributed by atoms with van der Waals surface area (Å²) in [4.78, 5) is 2.44. The van der Waals surface area contributed by atoms with E-state index in [4.69, 9.17) is 5.26 Å². The van der Waals surface area contributed by atoms with E-state index in [1.54, 1.807) is 0 Å². The molecule has 0 N–H and O–H groups in total. The SMILES string of the molecule is C[C@@H](CN1CCn2nc(C#N)cc2C1)c1ccccc1. The van der Waals surface area contributed by atoms with Gasteiger partial charge in [-0.25, -0.2) is 0 Å². The monoisotopic (exact) mass is 266 g/mol. The van der Waals surface area contributed by atoms with E-state index < -0.39 is 0 Å². The standard InChI is InChI=1S/C16H18N4/c1-13(14-5-3-2-4-6-14)11-19-7-8-20-16(12-19)9-15(10-17)18-20/h2-6,9,13H,7-8,11-12H2,1H3/t13-/m0/s1. The van der Waals surface area contributed by atoms with Gasteiger partial charge in [0.25, 0.3) is 0 Å². The van der Waals surface area contributed by atoms with E-state index in [1.165, 1.54) is 5.56 Å². The fourth-order valence-electron chi connectivity index (χ4n) is 2.81. The summed E-state index contributed by atoms with van der Waals surface area (Å²) >= 11 is 0. The van der Waals surface area contributed by atoms with Crippen LogP contribution < -0.4 is 0 Å². The number of hydrogen-bond acceptors (Lipinski definition) is 3. The first-order valence-corrected chi connectivity index (χ1v) is 7.00. The van der Waals surface area contributed by atoms with Gasteiger partial charge in [0, 0.05) is 19.6 Å². The highest BCUT2D eigenvalue weighted by molar-refractivity contribution is 5.23. The number of fused-ring (bicyclic) bond motifs is 1. The molecule has 1 aromatic carbocycles. The normalized spacial score (nSPS) is 16.4. The van der Waals surface area contributed by atoms with E-state index in [0.29, 0.717) is 11.6 Å². The Labute approximate surface area is 119 Å². The lowest BCUT2D eigenvalue weighted by Gasteiger charge is -2.29. The Balaban J connectivity index is 1.67. The van der Waals surface area contributed by atoms with Crippen LogP contribution >= 0.6 is 0 Å². The van der Waals surface area contributed by atoms with Crippen molar-refractivity contribution in [1.82, 2.24) is 14.7 Å². The molecule has 2 heterocycles. The molecule has 1 atom stereocenters. The summed E-state index contributed by atoms with van der Waals surface area (Å²) < 4.78 is 1.96. The minimum absolute atomic E-state index is 0.515. The summed E-state index contributed by atoms with van der Waals surface area (Å²) in [6.07, 6.45) is 0. The maximum atomic E-state index is 8.91. The smallest absolute Gasteiger partial charge is 0.162 e. The highest BCUT2D eigenvalue weighted by Crippen LogP contribution is 2.20. The van der Waals surface area contributed by atoms with Crippen molar-refractivity contribution in [2.24, 2.45) is 0 Å². The van der Waals surface area contributed by atoms with Gasteiger partial charge < -0.3 is 0 Å². The summed E-state index contributed by atoms with van der Waals surface area (Å²) in [6.45, 7) is 6.06. The van der Waals surface area contributed by atoms with Crippen LogP contribution in [0.1, 0.15) is 29.8 Å². The molecule has 1 aliphatic rings. The van der Waals surface area contributed by atoms with Gasteiger partial charge in [0.05, 0.1) is 12.2 Å². The number of benzene rings is 1. The largest absolute Gasteiger partial charge is 0.295 e. The third-order valence-electron chi connectivity index (χ3n) is 3.89. The summed E-state index contributed by atoms with van der Waals surface area (Å²) in [7, 11) is 0. The maximum Gasteiger partial charge on any atom is 0.162 e. The summed E-state index contributed by atoms with van der Waals surface area (Å²) in [5, 5.41) is 13.2. The number of rotatable bonds is 3. The van der Waals surface area contributed by atoms with Crippen LogP contribution in [0, 0.1) is 11.3 Å². The number of aromatic nitrogens is 2. The first-order valence-electron chi connectivity index (χ1n) is 7.00. The molecule has 0 amide bonds. The zero-order valence-corrected chi connectivity index (χ0v) is 11.7. The molecule has 2 aromatic rings. The first-order chi connectivity index (χ1) is 9.76. The van der Waals surface area contributed by atoms with Crippen LogP contribution in [0.25, 0.3) is 0 Å². The van der Waals surface area contributed by atoms with Crippen molar-refractivity contribution in [2.75, 3.05) is 13.1 Å². The third kappa shape index (κ3) is 2.59. The Morgan fingerprint density at radius 1 is 1.30 bits per heavy atom. The Morgan fingerprint density at radius 3 is 2.85 bits per heavy atom. The van der Waals surface area contributed by atoms with Gasteiger partial charge in [0.1, 0.15) is 6.07 Å². The third-order valence-corrected chi connectivity index (χ3v) is 3.89. The van der Waals surface area contributed by atoms with E-state index >= 15 is 0 Å². The van der Waals surface area contributed by atoms with E-state index in [0.717, 1.165) is 31.9 Å². The second kappa shape index (κ2) is 5.48. The fourth-order valence-corrected chi connectivity index (χ4v) is 2.81. The van der Waals surface area contributed by atoms with Crippen LogP contribution in [0.5, 0.6) is 0 Å². The fraction of sp³-hybridized carbons (Fsp3) is 0.375. The molecule has 0 saturated carbocycles. The molecule has 20 heavy (non-hydrogen) atoms. The molecule has 1 aliphatic heterocycles. The summed E-state index contributed by atoms with van der Waals surface area (Å²) in [5.41, 5.74) is 3.05. The molecule has 0 unspecified atom stereocenters. The number of hydrogen-bond donors (Lipinski definition) is 0. The van der Waals surface area contributed by atoms with Gasteiger partial charge in [-0.05, 0) is 17.5 Å². The van der Waals surface area contributed by atoms with Crippen molar-refractivity contribution in [3.05, 3.63) is 53.3 Å². The predicted octanol–water partition coefficient (Wildman–Crippen LogP) is 2.37. The zero-order valence-electron chi connectivity index (χ0n) is 11.7. The first kappa shape index (κ1) is 12.9. The van der Waals surface area contributed by atoms with E-state index in [-0.39, 0.29) is 0 Å². The minimum atomic E-state index is 0.515. The van der Waals surface area contributed by atoms with Crippen molar-refractivity contribution in [1.29, 1.82) is 5.26 Å². The molecule has 102 valence electrons. The van der Waals surface area contributed by atoms with Crippen molar-refractivity contribution in [3.63, 3.8) is 0 Å². The Hall–Kier alpha value is -2.12. The highest BCUT2D eigenvalue weighted by Gasteiger charge is 2.20. The molecule has 0 radical (unpaired) electrons. The van der Waals surface area contributed by atoms with Gasteiger partial charge in [-0.2, -0.15) is 10.4 Å². The lowest BCUT2D eigenvalue weighted by Crippen LogP contribution is -2.36. The Kier molecular flexibility index (Phi) is 3.53. The van der Waals surface area contributed by atoms with E-state index in [9.17, 15) is 0 Å². The van der Waals surface area contributed by atoms with Gasteiger partial charge >= 0.3 is 0 Å². The zero-order chi connectivity index (χ0) is 13.9. The molecule has 4 nitrogen and oxygen atoms in total. The van der Waals surface area contributed by atoms with Crippen LogP contribution in [-0.4, -0.2) is 27.8 Å². The second-order valence-electron chi connectivity index (χ2n) is 5.40. The van der Waals surface area contributed by atoms with Crippen molar-refractivity contribution in [2.45, 2.75) is 25.9 Å². The molecular weight excluding hydrogens is 248 g/mol. The van der Waals surface area contributed by atoms with Crippen molar-refractivity contribution < 1.29 is 0 Å². The highest BCUT2D eigenvalue weighted by atomic mass is 15.3. The molecule has 0 bridgehead atoms. The molecule has 1 aromatic heterocycles. The second-order valence-corrected chi connectivity index (χ2v) is 5.40. The van der Waals surface area contributed by atoms with Crippen molar-refractivity contribution in [3.8, 4) is 6.07 Å². The lowest BCUT2D eigenvalue weighted by atomic mass is 10.0. The van der Waals surface area contributed by atoms with Gasteiger partial charge in [-0.3, -0.25) is 9.58 Å². The average molecular weight is 266 g/mol. The Bertz CT molecular complexity index is 624. The molecule has 0 fully saturated rings. The van der Waals surface area contributed by atoms with Crippen LogP contribution in [0.4, 0.5) is 0 Å². The molecular formula is C16H18N4. The van der Waals surface area contributed by atoms with Gasteiger partial charge in [0.2, 0.25) is 0 Å². The summed E-state index contributed by atoms with van der Waals surface area (Å²) in [6, 6.07) is 14.6. The van der Waals surface area contributed by atoms with Crippen LogP contribution in [0.3, 0.4) is 0 Å². The van der Waals surface area contributed by atoms with Gasteiger partial charge in [0.15, 0.2) is 5.69 Å². The van der Waals surface area contributed by atoms with Crippen LogP contribution in [0.15, 0.2) is 36.4 Å². The average Bonchev–Trinajstić information content (AvgIpc) is 2.90. The molecule has 0 aliphatic carbocycles. The van der Waals surface area contributed by atoms with Crippen molar-refractivity contribution >= 4 is 0 Å². The quantitative estimate of drug-likeness (QED) is 0.856. The van der Waals surface area contributed by atoms with Crippen LogP contribution in [-0.2, 0) is 13.1 Å². The molecule has 0 saturated heterocycles. The Morgan fingerprint density at radius 2 is 2.10 bits per heavy atom. The lowest BCUT2D eigenvalue weighted by molar-refractivity contribution is 0.204.